The van der Waals surface area contributed by atoms with Crippen molar-refractivity contribution in [2.24, 2.45) is 0 Å². The Kier molecular flexibility index (Phi) is 5.70. The molecule has 0 fully saturated rings. The fourth-order valence-electron chi connectivity index (χ4n) is 1.64. The lowest BCUT2D eigenvalue weighted by Crippen LogP contribution is -2.28. The number of hydrogen-bond acceptors (Lipinski definition) is 3. The van der Waals surface area contributed by atoms with Crippen LogP contribution in [0.3, 0.4) is 0 Å². The van der Waals surface area contributed by atoms with Crippen LogP contribution < -0.4 is 10.1 Å². The van der Waals surface area contributed by atoms with Crippen molar-refractivity contribution in [2.45, 2.75) is 19.6 Å². The lowest BCUT2D eigenvalue weighted by atomic mass is 10.3. The third kappa shape index (κ3) is 4.80. The summed E-state index contributed by atoms with van der Waals surface area (Å²) in [5, 5.41) is 6.09. The molecule has 19 heavy (non-hydrogen) atoms. The molecule has 1 unspecified atom stereocenters. The van der Waals surface area contributed by atoms with E-state index < -0.39 is 0 Å². The molecule has 102 valence electrons. The van der Waals surface area contributed by atoms with Crippen molar-refractivity contribution >= 4 is 38.9 Å². The van der Waals surface area contributed by atoms with E-state index in [1.165, 1.54) is 4.88 Å². The fourth-order valence-corrected chi connectivity index (χ4v) is 2.81. The number of ether oxygens (including phenoxy) is 1. The zero-order valence-electron chi connectivity index (χ0n) is 10.5. The number of thiophene rings is 1. The quantitative estimate of drug-likeness (QED) is 0.804. The Morgan fingerprint density at radius 3 is 3.00 bits per heavy atom. The molecule has 0 saturated carbocycles. The summed E-state index contributed by atoms with van der Waals surface area (Å²) in [6, 6.07) is 9.79. The zero-order chi connectivity index (χ0) is 13.7. The second-order valence-electron chi connectivity index (χ2n) is 4.21. The largest absolute Gasteiger partial charge is 0.488 e. The minimum atomic E-state index is 0.0618. The average Bonchev–Trinajstić information content (AvgIpc) is 2.87. The molecule has 0 spiro atoms. The first-order valence-corrected chi connectivity index (χ1v) is 8.05. The Hall–Kier alpha value is -0.550. The van der Waals surface area contributed by atoms with E-state index in [0.717, 1.165) is 17.6 Å². The molecular formula is C14H15BrClNOS. The standard InChI is InChI=1S/C14H15BrClNOS/c1-10(8-17-9-12-3-2-6-19-12)18-14-7-11(15)4-5-13(14)16/h2-7,10,17H,8-9H2,1H3. The first-order chi connectivity index (χ1) is 9.15. The van der Waals surface area contributed by atoms with Crippen LogP contribution in [0.25, 0.3) is 0 Å². The van der Waals surface area contributed by atoms with Gasteiger partial charge in [-0.25, -0.2) is 0 Å². The van der Waals surface area contributed by atoms with Gasteiger partial charge < -0.3 is 10.1 Å². The summed E-state index contributed by atoms with van der Waals surface area (Å²) in [7, 11) is 0. The highest BCUT2D eigenvalue weighted by atomic mass is 79.9. The van der Waals surface area contributed by atoms with Crippen molar-refractivity contribution in [1.29, 1.82) is 0 Å². The van der Waals surface area contributed by atoms with Crippen LogP contribution in [-0.2, 0) is 6.54 Å². The van der Waals surface area contributed by atoms with E-state index in [0.29, 0.717) is 10.8 Å². The number of rotatable bonds is 6. The predicted octanol–water partition coefficient (Wildman–Crippen LogP) is 4.72. The topological polar surface area (TPSA) is 21.3 Å². The number of hydrogen-bond donors (Lipinski definition) is 1. The van der Waals surface area contributed by atoms with Crippen molar-refractivity contribution in [2.75, 3.05) is 6.54 Å². The molecule has 1 atom stereocenters. The first kappa shape index (κ1) is 14.9. The highest BCUT2D eigenvalue weighted by Gasteiger charge is 2.08. The lowest BCUT2D eigenvalue weighted by molar-refractivity contribution is 0.217. The van der Waals surface area contributed by atoms with Gasteiger partial charge in [-0.05, 0) is 36.6 Å². The highest BCUT2D eigenvalue weighted by molar-refractivity contribution is 9.10. The minimum absolute atomic E-state index is 0.0618. The van der Waals surface area contributed by atoms with Crippen molar-refractivity contribution < 1.29 is 4.74 Å². The Balaban J connectivity index is 1.80. The average molecular weight is 361 g/mol. The number of nitrogens with one attached hydrogen (secondary N) is 1. The van der Waals surface area contributed by atoms with Crippen LogP contribution >= 0.6 is 38.9 Å². The molecule has 1 N–H and O–H groups in total. The van der Waals surface area contributed by atoms with Gasteiger partial charge in [0.05, 0.1) is 5.02 Å². The van der Waals surface area contributed by atoms with Gasteiger partial charge in [0.25, 0.3) is 0 Å². The predicted molar refractivity (Wildman–Crippen MR) is 85.3 cm³/mol. The van der Waals surface area contributed by atoms with Crippen LogP contribution in [0.5, 0.6) is 5.75 Å². The number of benzene rings is 1. The normalized spacial score (nSPS) is 12.4. The van der Waals surface area contributed by atoms with Gasteiger partial charge in [0.1, 0.15) is 11.9 Å². The molecule has 1 aromatic heterocycles. The summed E-state index contributed by atoms with van der Waals surface area (Å²) in [6.07, 6.45) is 0.0618. The molecule has 0 aliphatic carbocycles. The van der Waals surface area contributed by atoms with Gasteiger partial charge in [-0.2, -0.15) is 0 Å². The maximum Gasteiger partial charge on any atom is 0.139 e. The molecule has 2 rings (SSSR count). The lowest BCUT2D eigenvalue weighted by Gasteiger charge is -2.16. The van der Waals surface area contributed by atoms with Crippen molar-refractivity contribution in [1.82, 2.24) is 5.32 Å². The van der Waals surface area contributed by atoms with Gasteiger partial charge in [-0.1, -0.05) is 33.6 Å². The van der Waals surface area contributed by atoms with Crippen LogP contribution in [0.15, 0.2) is 40.2 Å². The molecule has 0 saturated heterocycles. The van der Waals surface area contributed by atoms with Crippen LogP contribution in [0.1, 0.15) is 11.8 Å². The Morgan fingerprint density at radius 1 is 1.42 bits per heavy atom. The second kappa shape index (κ2) is 7.29. The maximum absolute atomic E-state index is 6.09. The van der Waals surface area contributed by atoms with E-state index >= 15 is 0 Å². The fraction of sp³-hybridized carbons (Fsp3) is 0.286. The third-order valence-electron chi connectivity index (χ3n) is 2.53. The molecule has 2 aromatic rings. The minimum Gasteiger partial charge on any atom is -0.488 e. The maximum atomic E-state index is 6.09. The van der Waals surface area contributed by atoms with E-state index in [2.05, 4.69) is 38.8 Å². The summed E-state index contributed by atoms with van der Waals surface area (Å²) >= 11 is 11.3. The van der Waals surface area contributed by atoms with E-state index in [1.54, 1.807) is 11.3 Å². The van der Waals surface area contributed by atoms with Gasteiger partial charge in [0, 0.05) is 22.4 Å². The van der Waals surface area contributed by atoms with Crippen LogP contribution in [-0.4, -0.2) is 12.6 Å². The molecule has 0 aliphatic heterocycles. The molecule has 0 aliphatic rings. The van der Waals surface area contributed by atoms with E-state index in [1.807, 2.05) is 25.1 Å². The van der Waals surface area contributed by atoms with E-state index in [4.69, 9.17) is 16.3 Å². The highest BCUT2D eigenvalue weighted by Crippen LogP contribution is 2.28. The smallest absolute Gasteiger partial charge is 0.139 e. The van der Waals surface area contributed by atoms with Crippen molar-refractivity contribution in [3.05, 3.63) is 50.1 Å². The summed E-state index contributed by atoms with van der Waals surface area (Å²) in [5.41, 5.74) is 0. The second-order valence-corrected chi connectivity index (χ2v) is 6.57. The van der Waals surface area contributed by atoms with Gasteiger partial charge in [-0.15, -0.1) is 11.3 Å². The molecule has 0 radical (unpaired) electrons. The Bertz CT molecular complexity index is 518. The Labute approximate surface area is 130 Å². The molecule has 5 heteroatoms. The Morgan fingerprint density at radius 2 is 2.26 bits per heavy atom. The molecule has 1 heterocycles. The number of halogens is 2. The van der Waals surface area contributed by atoms with Gasteiger partial charge in [0.2, 0.25) is 0 Å². The van der Waals surface area contributed by atoms with Crippen LogP contribution in [0.2, 0.25) is 5.02 Å². The first-order valence-electron chi connectivity index (χ1n) is 6.00. The van der Waals surface area contributed by atoms with E-state index in [9.17, 15) is 0 Å². The molecule has 2 nitrogen and oxygen atoms in total. The SMILES string of the molecule is CC(CNCc1cccs1)Oc1cc(Br)ccc1Cl. The third-order valence-corrected chi connectivity index (χ3v) is 4.21. The summed E-state index contributed by atoms with van der Waals surface area (Å²) in [5.74, 6) is 0.710. The molecule has 0 bridgehead atoms. The monoisotopic (exact) mass is 359 g/mol. The summed E-state index contributed by atoms with van der Waals surface area (Å²) in [4.78, 5) is 1.33. The molecule has 0 amide bonds. The van der Waals surface area contributed by atoms with Crippen molar-refractivity contribution in [3.8, 4) is 5.75 Å². The molecule has 1 aromatic carbocycles. The van der Waals surface area contributed by atoms with Gasteiger partial charge in [0.15, 0.2) is 0 Å². The van der Waals surface area contributed by atoms with Crippen molar-refractivity contribution in [3.63, 3.8) is 0 Å². The van der Waals surface area contributed by atoms with Crippen LogP contribution in [0.4, 0.5) is 0 Å². The summed E-state index contributed by atoms with van der Waals surface area (Å²) < 4.78 is 6.79. The van der Waals surface area contributed by atoms with E-state index in [-0.39, 0.29) is 6.10 Å². The van der Waals surface area contributed by atoms with Gasteiger partial charge in [-0.3, -0.25) is 0 Å². The summed E-state index contributed by atoms with van der Waals surface area (Å²) in [6.45, 7) is 3.68. The molecular weight excluding hydrogens is 346 g/mol. The zero-order valence-corrected chi connectivity index (χ0v) is 13.7. The van der Waals surface area contributed by atoms with Gasteiger partial charge >= 0.3 is 0 Å². The van der Waals surface area contributed by atoms with Crippen LogP contribution in [0, 0.1) is 0 Å².